The molecule has 1 saturated carbocycles. The summed E-state index contributed by atoms with van der Waals surface area (Å²) in [6, 6.07) is 0. The second-order valence-electron chi connectivity index (χ2n) is 4.34. The van der Waals surface area contributed by atoms with Crippen molar-refractivity contribution in [3.63, 3.8) is 0 Å². The minimum absolute atomic E-state index is 0.0214. The molecule has 1 aliphatic carbocycles. The van der Waals surface area contributed by atoms with Crippen LogP contribution in [0, 0.1) is 11.3 Å². The van der Waals surface area contributed by atoms with Gasteiger partial charge in [0.15, 0.2) is 0 Å². The van der Waals surface area contributed by atoms with Gasteiger partial charge in [0.1, 0.15) is 6.29 Å². The summed E-state index contributed by atoms with van der Waals surface area (Å²) in [5, 5.41) is 0. The highest BCUT2D eigenvalue weighted by atomic mass is 16.1. The molecule has 0 aromatic carbocycles. The molecule has 74 valence electrons. The zero-order chi connectivity index (χ0) is 9.73. The van der Waals surface area contributed by atoms with Crippen LogP contribution in [0.2, 0.25) is 0 Å². The summed E-state index contributed by atoms with van der Waals surface area (Å²) in [7, 11) is 0. The van der Waals surface area contributed by atoms with Crippen molar-refractivity contribution in [2.45, 2.75) is 45.4 Å². The second-order valence-corrected chi connectivity index (χ2v) is 4.34. The van der Waals surface area contributed by atoms with Crippen molar-refractivity contribution in [2.75, 3.05) is 0 Å². The van der Waals surface area contributed by atoms with Gasteiger partial charge in [-0.2, -0.15) is 0 Å². The number of carbonyl (C=O) groups excluding carboxylic acids is 1. The van der Waals surface area contributed by atoms with E-state index in [0.717, 1.165) is 19.3 Å². The zero-order valence-corrected chi connectivity index (χ0v) is 8.59. The van der Waals surface area contributed by atoms with E-state index in [4.69, 9.17) is 0 Å². The number of carbonyl (C=O) groups is 1. The largest absolute Gasteiger partial charge is 0.303 e. The van der Waals surface area contributed by atoms with Crippen molar-refractivity contribution in [2.24, 2.45) is 11.3 Å². The van der Waals surface area contributed by atoms with Crippen LogP contribution in [-0.4, -0.2) is 6.29 Å². The van der Waals surface area contributed by atoms with Gasteiger partial charge in [-0.3, -0.25) is 0 Å². The molecule has 0 amide bonds. The van der Waals surface area contributed by atoms with E-state index in [-0.39, 0.29) is 5.41 Å². The molecule has 1 nitrogen and oxygen atoms in total. The van der Waals surface area contributed by atoms with Gasteiger partial charge in [0.05, 0.1) is 0 Å². The fourth-order valence-electron chi connectivity index (χ4n) is 2.42. The van der Waals surface area contributed by atoms with E-state index < -0.39 is 0 Å². The molecule has 0 aliphatic heterocycles. The van der Waals surface area contributed by atoms with E-state index >= 15 is 0 Å². The van der Waals surface area contributed by atoms with Crippen LogP contribution in [0.4, 0.5) is 0 Å². The Morgan fingerprint density at radius 1 is 1.38 bits per heavy atom. The molecule has 1 fully saturated rings. The maximum absolute atomic E-state index is 11.2. The topological polar surface area (TPSA) is 17.1 Å². The smallest absolute Gasteiger partial charge is 0.126 e. The van der Waals surface area contributed by atoms with Crippen molar-refractivity contribution in [1.29, 1.82) is 0 Å². The fraction of sp³-hybridized carbons (Fsp3) is 0.750. The van der Waals surface area contributed by atoms with Gasteiger partial charge in [-0.15, -0.1) is 6.58 Å². The van der Waals surface area contributed by atoms with Crippen LogP contribution < -0.4 is 0 Å². The number of hydrogen-bond donors (Lipinski definition) is 0. The molecule has 0 aromatic rings. The molecule has 1 unspecified atom stereocenters. The van der Waals surface area contributed by atoms with Crippen LogP contribution in [0.25, 0.3) is 0 Å². The van der Waals surface area contributed by atoms with Gasteiger partial charge in [-0.1, -0.05) is 32.3 Å². The van der Waals surface area contributed by atoms with Crippen LogP contribution in [0.3, 0.4) is 0 Å². The van der Waals surface area contributed by atoms with Gasteiger partial charge in [0, 0.05) is 5.41 Å². The lowest BCUT2D eigenvalue weighted by molar-refractivity contribution is -0.120. The normalized spacial score (nSPS) is 23.5. The minimum atomic E-state index is -0.0214. The fourth-order valence-corrected chi connectivity index (χ4v) is 2.42. The first-order valence-electron chi connectivity index (χ1n) is 5.32. The lowest BCUT2D eigenvalue weighted by Crippen LogP contribution is -2.32. The summed E-state index contributed by atoms with van der Waals surface area (Å²) in [6.45, 7) is 5.93. The Balaban J connectivity index is 2.65. The Morgan fingerprint density at radius 3 is 2.46 bits per heavy atom. The quantitative estimate of drug-likeness (QED) is 0.479. The molecule has 1 aliphatic rings. The molecule has 0 bridgehead atoms. The van der Waals surface area contributed by atoms with E-state index in [9.17, 15) is 4.79 Å². The first-order valence-corrected chi connectivity index (χ1v) is 5.32. The van der Waals surface area contributed by atoms with E-state index in [1.54, 1.807) is 0 Å². The van der Waals surface area contributed by atoms with Crippen molar-refractivity contribution < 1.29 is 4.79 Å². The SMILES string of the molecule is C=CCC(C)C1(C=O)CCCCC1. The van der Waals surface area contributed by atoms with Gasteiger partial charge in [0.2, 0.25) is 0 Å². The van der Waals surface area contributed by atoms with Gasteiger partial charge >= 0.3 is 0 Å². The van der Waals surface area contributed by atoms with Crippen molar-refractivity contribution in [3.05, 3.63) is 12.7 Å². The predicted octanol–water partition coefficient (Wildman–Crippen LogP) is 3.35. The van der Waals surface area contributed by atoms with Gasteiger partial charge in [0.25, 0.3) is 0 Å². The summed E-state index contributed by atoms with van der Waals surface area (Å²) in [6.07, 6.45) is 10.0. The first kappa shape index (κ1) is 10.5. The average molecular weight is 180 g/mol. The van der Waals surface area contributed by atoms with E-state index in [0.29, 0.717) is 5.92 Å². The number of hydrogen-bond acceptors (Lipinski definition) is 1. The third kappa shape index (κ3) is 2.20. The van der Waals surface area contributed by atoms with Crippen molar-refractivity contribution >= 4 is 6.29 Å². The monoisotopic (exact) mass is 180 g/mol. The Bertz CT molecular complexity index is 178. The van der Waals surface area contributed by atoms with E-state index in [2.05, 4.69) is 13.5 Å². The number of rotatable bonds is 4. The highest BCUT2D eigenvalue weighted by Gasteiger charge is 2.36. The Labute approximate surface area is 81.2 Å². The van der Waals surface area contributed by atoms with E-state index in [1.165, 1.54) is 25.5 Å². The Morgan fingerprint density at radius 2 is 2.00 bits per heavy atom. The Kier molecular flexibility index (Phi) is 3.71. The average Bonchev–Trinajstić information content (AvgIpc) is 2.19. The van der Waals surface area contributed by atoms with Crippen LogP contribution in [0.15, 0.2) is 12.7 Å². The number of aldehydes is 1. The molecule has 1 rings (SSSR count). The van der Waals surface area contributed by atoms with Crippen molar-refractivity contribution in [1.82, 2.24) is 0 Å². The standard InChI is InChI=1S/C12H20O/c1-3-7-11(2)12(10-13)8-5-4-6-9-12/h3,10-11H,1,4-9H2,2H3. The molecule has 0 spiro atoms. The van der Waals surface area contributed by atoms with E-state index in [1.807, 2.05) is 6.08 Å². The molecule has 0 aromatic heterocycles. The molecular formula is C12H20O. The highest BCUT2D eigenvalue weighted by Crippen LogP contribution is 2.42. The third-order valence-electron chi connectivity index (χ3n) is 3.52. The minimum Gasteiger partial charge on any atom is -0.303 e. The molecular weight excluding hydrogens is 160 g/mol. The summed E-state index contributed by atoms with van der Waals surface area (Å²) in [4.78, 5) is 11.2. The van der Waals surface area contributed by atoms with Gasteiger partial charge in [-0.05, 0) is 25.2 Å². The summed E-state index contributed by atoms with van der Waals surface area (Å²) in [5.74, 6) is 0.475. The number of allylic oxidation sites excluding steroid dienone is 1. The molecule has 0 radical (unpaired) electrons. The summed E-state index contributed by atoms with van der Waals surface area (Å²) < 4.78 is 0. The molecule has 13 heavy (non-hydrogen) atoms. The van der Waals surface area contributed by atoms with Crippen LogP contribution in [0.5, 0.6) is 0 Å². The first-order chi connectivity index (χ1) is 6.25. The highest BCUT2D eigenvalue weighted by molar-refractivity contribution is 5.60. The molecule has 0 N–H and O–H groups in total. The van der Waals surface area contributed by atoms with Gasteiger partial charge < -0.3 is 4.79 Å². The van der Waals surface area contributed by atoms with Crippen LogP contribution >= 0.6 is 0 Å². The van der Waals surface area contributed by atoms with Crippen LogP contribution in [0.1, 0.15) is 45.4 Å². The second kappa shape index (κ2) is 4.59. The summed E-state index contributed by atoms with van der Waals surface area (Å²) in [5.41, 5.74) is -0.0214. The maximum atomic E-state index is 11.2. The predicted molar refractivity (Wildman–Crippen MR) is 55.6 cm³/mol. The summed E-state index contributed by atoms with van der Waals surface area (Å²) >= 11 is 0. The molecule has 0 saturated heterocycles. The van der Waals surface area contributed by atoms with Crippen LogP contribution in [-0.2, 0) is 4.79 Å². The molecule has 1 heteroatoms. The molecule has 0 heterocycles. The third-order valence-corrected chi connectivity index (χ3v) is 3.52. The maximum Gasteiger partial charge on any atom is 0.126 e. The lowest BCUT2D eigenvalue weighted by atomic mass is 9.66. The molecule has 1 atom stereocenters. The zero-order valence-electron chi connectivity index (χ0n) is 8.59. The van der Waals surface area contributed by atoms with Crippen molar-refractivity contribution in [3.8, 4) is 0 Å². The lowest BCUT2D eigenvalue weighted by Gasteiger charge is -2.37. The Hall–Kier alpha value is -0.590. The van der Waals surface area contributed by atoms with Gasteiger partial charge in [-0.25, -0.2) is 0 Å².